The van der Waals surface area contributed by atoms with Crippen molar-refractivity contribution in [2.24, 2.45) is 0 Å². The molecule has 0 aromatic heterocycles. The number of para-hydroxylation sites is 4. The molecular weight excluding hydrogens is 438 g/mol. The van der Waals surface area contributed by atoms with E-state index in [1.807, 2.05) is 18.2 Å². The van der Waals surface area contributed by atoms with E-state index < -0.39 is 5.41 Å². The van der Waals surface area contributed by atoms with Crippen LogP contribution in [0.5, 0.6) is 11.5 Å². The number of hydrogen-bond acceptors (Lipinski definition) is 2. The standard InChI is InChI=1S/C31H20ClNO/c32-21-18-19-28-26(20-21)31(23-12-4-7-15-27(23)33(28)22-10-2-1-3-11-22)24-13-5-8-16-29(24)34-30-17-9-6-14-25(30)31/h1-20H. The van der Waals surface area contributed by atoms with Gasteiger partial charge >= 0.3 is 0 Å². The Hall–Kier alpha value is -4.01. The Bertz CT molecular complexity index is 1510. The summed E-state index contributed by atoms with van der Waals surface area (Å²) in [6, 6.07) is 42.2. The van der Waals surface area contributed by atoms with Crippen LogP contribution in [0.25, 0.3) is 0 Å². The molecule has 0 bridgehead atoms. The number of ether oxygens (including phenoxy) is 1. The molecule has 0 aliphatic carbocycles. The van der Waals surface area contributed by atoms with E-state index in [0.29, 0.717) is 5.02 Å². The van der Waals surface area contributed by atoms with Gasteiger partial charge in [-0.2, -0.15) is 0 Å². The molecule has 0 N–H and O–H groups in total. The highest BCUT2D eigenvalue weighted by Crippen LogP contribution is 2.62. The summed E-state index contributed by atoms with van der Waals surface area (Å²) in [6.07, 6.45) is 0. The lowest BCUT2D eigenvalue weighted by molar-refractivity contribution is 0.434. The summed E-state index contributed by atoms with van der Waals surface area (Å²) in [7, 11) is 0. The first-order chi connectivity index (χ1) is 16.8. The van der Waals surface area contributed by atoms with Gasteiger partial charge < -0.3 is 9.64 Å². The summed E-state index contributed by atoms with van der Waals surface area (Å²) in [5.41, 5.74) is 7.41. The lowest BCUT2D eigenvalue weighted by Crippen LogP contribution is -2.39. The van der Waals surface area contributed by atoms with E-state index in [4.69, 9.17) is 16.3 Å². The first kappa shape index (κ1) is 19.5. The number of fused-ring (bicyclic) bond motifs is 8. The minimum absolute atomic E-state index is 0.562. The first-order valence-electron chi connectivity index (χ1n) is 11.4. The topological polar surface area (TPSA) is 12.5 Å². The van der Waals surface area contributed by atoms with E-state index in [2.05, 4.69) is 108 Å². The smallest absolute Gasteiger partial charge is 0.132 e. The molecule has 7 rings (SSSR count). The SMILES string of the molecule is Clc1ccc2c(c1)C1(c3ccccc3Oc3ccccc31)c1ccccc1N2c1ccccc1. The molecule has 2 aliphatic heterocycles. The molecular formula is C31H20ClNO. The molecule has 5 aromatic carbocycles. The minimum Gasteiger partial charge on any atom is -0.457 e. The van der Waals surface area contributed by atoms with Crippen LogP contribution in [0.15, 0.2) is 121 Å². The largest absolute Gasteiger partial charge is 0.457 e. The van der Waals surface area contributed by atoms with Crippen molar-refractivity contribution in [3.8, 4) is 11.5 Å². The fourth-order valence-electron chi connectivity index (χ4n) is 5.69. The molecule has 2 aliphatic rings. The summed E-state index contributed by atoms with van der Waals surface area (Å²) in [6.45, 7) is 0. The molecule has 2 nitrogen and oxygen atoms in total. The van der Waals surface area contributed by atoms with E-state index in [0.717, 1.165) is 45.3 Å². The van der Waals surface area contributed by atoms with Crippen molar-refractivity contribution in [3.05, 3.63) is 149 Å². The van der Waals surface area contributed by atoms with Crippen LogP contribution < -0.4 is 9.64 Å². The second-order valence-corrected chi connectivity index (χ2v) is 9.13. The van der Waals surface area contributed by atoms with Gasteiger partial charge in [-0.15, -0.1) is 0 Å². The third kappa shape index (κ3) is 2.52. The molecule has 0 unspecified atom stereocenters. The third-order valence-electron chi connectivity index (χ3n) is 6.97. The van der Waals surface area contributed by atoms with Gasteiger partial charge in [0.2, 0.25) is 0 Å². The van der Waals surface area contributed by atoms with E-state index in [1.54, 1.807) is 0 Å². The highest BCUT2D eigenvalue weighted by molar-refractivity contribution is 6.30. The van der Waals surface area contributed by atoms with Crippen LogP contribution >= 0.6 is 11.6 Å². The van der Waals surface area contributed by atoms with E-state index in [1.165, 1.54) is 5.56 Å². The van der Waals surface area contributed by atoms with Crippen LogP contribution in [0, 0.1) is 0 Å². The number of benzene rings is 5. The normalized spacial score (nSPS) is 14.4. The van der Waals surface area contributed by atoms with Gasteiger partial charge in [-0.1, -0.05) is 84.4 Å². The molecule has 3 heteroatoms. The summed E-state index contributed by atoms with van der Waals surface area (Å²) in [4.78, 5) is 2.34. The van der Waals surface area contributed by atoms with E-state index in [-0.39, 0.29) is 0 Å². The Morgan fingerprint density at radius 2 is 1.09 bits per heavy atom. The molecule has 0 saturated heterocycles. The highest BCUT2D eigenvalue weighted by Gasteiger charge is 2.51. The summed E-state index contributed by atoms with van der Waals surface area (Å²) >= 11 is 6.70. The lowest BCUT2D eigenvalue weighted by atomic mass is 9.61. The monoisotopic (exact) mass is 457 g/mol. The zero-order chi connectivity index (χ0) is 22.7. The van der Waals surface area contributed by atoms with Gasteiger partial charge in [-0.05, 0) is 59.7 Å². The van der Waals surface area contributed by atoms with Gasteiger partial charge in [0.05, 0.1) is 16.8 Å². The van der Waals surface area contributed by atoms with Crippen molar-refractivity contribution in [1.29, 1.82) is 0 Å². The summed E-state index contributed by atoms with van der Waals surface area (Å²) < 4.78 is 6.43. The van der Waals surface area contributed by atoms with Crippen molar-refractivity contribution >= 4 is 28.7 Å². The van der Waals surface area contributed by atoms with E-state index in [9.17, 15) is 0 Å². The Morgan fingerprint density at radius 3 is 1.79 bits per heavy atom. The van der Waals surface area contributed by atoms with Crippen molar-refractivity contribution in [3.63, 3.8) is 0 Å². The van der Waals surface area contributed by atoms with Crippen LogP contribution in [0.2, 0.25) is 5.02 Å². The Labute approximate surface area is 203 Å². The number of rotatable bonds is 1. The van der Waals surface area contributed by atoms with E-state index >= 15 is 0 Å². The molecule has 162 valence electrons. The average molecular weight is 458 g/mol. The summed E-state index contributed by atoms with van der Waals surface area (Å²) in [5.74, 6) is 1.74. The van der Waals surface area contributed by atoms with Gasteiger partial charge in [0.25, 0.3) is 0 Å². The predicted molar refractivity (Wildman–Crippen MR) is 138 cm³/mol. The van der Waals surface area contributed by atoms with Gasteiger partial charge in [0.15, 0.2) is 0 Å². The zero-order valence-electron chi connectivity index (χ0n) is 18.3. The van der Waals surface area contributed by atoms with Crippen LogP contribution in [-0.2, 0) is 5.41 Å². The molecule has 5 aromatic rings. The van der Waals surface area contributed by atoms with Crippen LogP contribution in [0.4, 0.5) is 17.1 Å². The van der Waals surface area contributed by atoms with Crippen molar-refractivity contribution < 1.29 is 4.74 Å². The molecule has 34 heavy (non-hydrogen) atoms. The maximum Gasteiger partial charge on any atom is 0.132 e. The minimum atomic E-state index is -0.562. The molecule has 1 spiro atoms. The van der Waals surface area contributed by atoms with Gasteiger partial charge in [-0.3, -0.25) is 0 Å². The first-order valence-corrected chi connectivity index (χ1v) is 11.8. The second-order valence-electron chi connectivity index (χ2n) is 8.69. The maximum absolute atomic E-state index is 6.70. The second kappa shape index (κ2) is 7.24. The lowest BCUT2D eigenvalue weighted by Gasteiger charge is -2.48. The predicted octanol–water partition coefficient (Wildman–Crippen LogP) is 8.61. The van der Waals surface area contributed by atoms with Crippen molar-refractivity contribution in [2.75, 3.05) is 4.90 Å². The van der Waals surface area contributed by atoms with Crippen molar-refractivity contribution in [1.82, 2.24) is 0 Å². The number of halogens is 1. The molecule has 0 atom stereocenters. The molecule has 0 radical (unpaired) electrons. The zero-order valence-corrected chi connectivity index (χ0v) is 19.0. The van der Waals surface area contributed by atoms with Gasteiger partial charge in [0.1, 0.15) is 11.5 Å². The molecule has 0 saturated carbocycles. The Kier molecular flexibility index (Phi) is 4.15. The fraction of sp³-hybridized carbons (Fsp3) is 0.0323. The van der Waals surface area contributed by atoms with Gasteiger partial charge in [-0.25, -0.2) is 0 Å². The third-order valence-corrected chi connectivity index (χ3v) is 7.20. The Morgan fingerprint density at radius 1 is 0.529 bits per heavy atom. The summed E-state index contributed by atoms with van der Waals surface area (Å²) in [5, 5.41) is 0.715. The molecule has 0 fully saturated rings. The highest BCUT2D eigenvalue weighted by atomic mass is 35.5. The maximum atomic E-state index is 6.70. The molecule has 2 heterocycles. The number of anilines is 3. The van der Waals surface area contributed by atoms with Crippen LogP contribution in [-0.4, -0.2) is 0 Å². The van der Waals surface area contributed by atoms with Crippen LogP contribution in [0.3, 0.4) is 0 Å². The van der Waals surface area contributed by atoms with Gasteiger partial charge in [0, 0.05) is 21.8 Å². The average Bonchev–Trinajstić information content (AvgIpc) is 2.89. The number of hydrogen-bond donors (Lipinski definition) is 0. The van der Waals surface area contributed by atoms with Crippen LogP contribution in [0.1, 0.15) is 22.3 Å². The number of nitrogens with zero attached hydrogens (tertiary/aromatic N) is 1. The quantitative estimate of drug-likeness (QED) is 0.244. The Balaban J connectivity index is 1.69. The fourth-order valence-corrected chi connectivity index (χ4v) is 5.87. The van der Waals surface area contributed by atoms with Crippen molar-refractivity contribution in [2.45, 2.75) is 5.41 Å². The molecule has 0 amide bonds.